The zero-order valence-electron chi connectivity index (χ0n) is 25.2. The second-order valence-corrected chi connectivity index (χ2v) is 14.0. The number of carbonyl (C=O) groups excluding carboxylic acids is 1. The lowest BCUT2D eigenvalue weighted by Crippen LogP contribution is -2.43. The molecule has 1 amide bonds. The Hall–Kier alpha value is -3.89. The van der Waals surface area contributed by atoms with Crippen LogP contribution in [-0.4, -0.2) is 21.2 Å². The van der Waals surface area contributed by atoms with Crippen LogP contribution in [0.1, 0.15) is 80.0 Å². The molecular weight excluding hydrogens is 565 g/mol. The molecule has 2 spiro atoms. The predicted molar refractivity (Wildman–Crippen MR) is 175 cm³/mol. The molecule has 7 heteroatoms. The average molecular weight is 603 g/mol. The van der Waals surface area contributed by atoms with Crippen LogP contribution in [0.4, 0.5) is 0 Å². The maximum absolute atomic E-state index is 14.3. The van der Waals surface area contributed by atoms with Gasteiger partial charge in [0.2, 0.25) is 5.91 Å². The van der Waals surface area contributed by atoms with Gasteiger partial charge < -0.3 is 5.32 Å². The van der Waals surface area contributed by atoms with Gasteiger partial charge in [-0.25, -0.2) is 4.98 Å². The van der Waals surface area contributed by atoms with E-state index in [1.165, 1.54) is 29.3 Å². The smallest absolute Gasteiger partial charge is 0.258 e. The number of hydrogen-bond donors (Lipinski definition) is 1. The molecule has 1 heterocycles. The summed E-state index contributed by atoms with van der Waals surface area (Å²) < 4.78 is 1.71. The maximum Gasteiger partial charge on any atom is 0.258 e. The maximum atomic E-state index is 14.3. The van der Waals surface area contributed by atoms with E-state index in [2.05, 4.69) is 42.2 Å². The van der Waals surface area contributed by atoms with Crippen molar-refractivity contribution in [2.45, 2.75) is 87.7 Å². The highest BCUT2D eigenvalue weighted by atomic mass is 32.2. The molecule has 0 radical (unpaired) electrons. The summed E-state index contributed by atoms with van der Waals surface area (Å²) in [6.07, 6.45) is 13.0. The van der Waals surface area contributed by atoms with Gasteiger partial charge in [-0.05, 0) is 49.7 Å². The van der Waals surface area contributed by atoms with Gasteiger partial charge in [0.05, 0.1) is 34.3 Å². The fraction of sp³-hybridized carbons (Fsp3) is 0.405. The molecule has 0 atom stereocenters. The Morgan fingerprint density at radius 2 is 1.57 bits per heavy atom. The molecule has 3 aromatic rings. The van der Waals surface area contributed by atoms with Crippen LogP contribution in [0.2, 0.25) is 0 Å². The van der Waals surface area contributed by atoms with Gasteiger partial charge in [-0.3, -0.25) is 14.2 Å². The highest BCUT2D eigenvalue weighted by Crippen LogP contribution is 2.52. The highest BCUT2D eigenvalue weighted by Gasteiger charge is 2.45. The van der Waals surface area contributed by atoms with E-state index >= 15 is 0 Å². The second-order valence-electron chi connectivity index (χ2n) is 13.0. The number of aromatic nitrogens is 2. The number of nitrogens with one attached hydrogen (secondary N) is 1. The van der Waals surface area contributed by atoms with Crippen molar-refractivity contribution in [1.29, 1.82) is 5.26 Å². The summed E-state index contributed by atoms with van der Waals surface area (Å²) in [6, 6.07) is 18.9. The third-order valence-corrected chi connectivity index (χ3v) is 11.4. The molecule has 0 saturated heterocycles. The first-order chi connectivity index (χ1) is 21.5. The van der Waals surface area contributed by atoms with Gasteiger partial charge in [-0.1, -0.05) is 98.5 Å². The Morgan fingerprint density at radius 1 is 0.955 bits per heavy atom. The van der Waals surface area contributed by atoms with Crippen molar-refractivity contribution in [2.24, 2.45) is 5.41 Å². The van der Waals surface area contributed by atoms with E-state index in [0.717, 1.165) is 86.6 Å². The van der Waals surface area contributed by atoms with Crippen LogP contribution in [0.15, 0.2) is 76.7 Å². The van der Waals surface area contributed by atoms with Gasteiger partial charge in [0.15, 0.2) is 5.16 Å². The van der Waals surface area contributed by atoms with Gasteiger partial charge in [0.1, 0.15) is 0 Å². The van der Waals surface area contributed by atoms with Gasteiger partial charge in [-0.2, -0.15) is 5.26 Å². The molecule has 2 saturated carbocycles. The first-order valence-electron chi connectivity index (χ1n) is 16.0. The van der Waals surface area contributed by atoms with E-state index in [-0.39, 0.29) is 28.0 Å². The number of carbonyl (C=O) groups is 1. The van der Waals surface area contributed by atoms with Crippen molar-refractivity contribution in [3.8, 4) is 17.3 Å². The first-order valence-corrected chi connectivity index (χ1v) is 17.0. The molecule has 6 nitrogen and oxygen atoms in total. The van der Waals surface area contributed by atoms with E-state index in [0.29, 0.717) is 23.0 Å². The number of nitriles is 1. The number of thioether (sulfide) groups is 1. The number of benzene rings is 2. The molecule has 0 aliphatic heterocycles. The highest BCUT2D eigenvalue weighted by molar-refractivity contribution is 7.99. The Kier molecular flexibility index (Phi) is 7.58. The summed E-state index contributed by atoms with van der Waals surface area (Å²) in [4.78, 5) is 33.1. The van der Waals surface area contributed by atoms with Crippen LogP contribution in [-0.2, 0) is 29.6 Å². The normalized spacial score (nSPS) is 19.2. The minimum atomic E-state index is -0.205. The molecule has 2 fully saturated rings. The molecule has 1 aromatic heterocycles. The van der Waals surface area contributed by atoms with E-state index in [1.807, 2.05) is 24.3 Å². The fourth-order valence-electron chi connectivity index (χ4n) is 8.48. The van der Waals surface area contributed by atoms with Crippen LogP contribution in [0.5, 0.6) is 0 Å². The summed E-state index contributed by atoms with van der Waals surface area (Å²) in [5.74, 6) is -0.129. The van der Waals surface area contributed by atoms with Crippen molar-refractivity contribution in [3.63, 3.8) is 0 Å². The van der Waals surface area contributed by atoms with Gasteiger partial charge in [0.25, 0.3) is 5.56 Å². The van der Waals surface area contributed by atoms with Gasteiger partial charge in [-0.15, -0.1) is 6.58 Å². The fourth-order valence-corrected chi connectivity index (χ4v) is 9.28. The van der Waals surface area contributed by atoms with Crippen LogP contribution < -0.4 is 10.9 Å². The number of hydrogen-bond acceptors (Lipinski definition) is 5. The lowest BCUT2D eigenvalue weighted by molar-refractivity contribution is -0.117. The van der Waals surface area contributed by atoms with E-state index in [9.17, 15) is 14.9 Å². The third kappa shape index (κ3) is 4.75. The molecular formula is C37H38N4O2S. The van der Waals surface area contributed by atoms with Crippen molar-refractivity contribution in [1.82, 2.24) is 14.9 Å². The molecule has 1 N–H and O–H groups in total. The van der Waals surface area contributed by atoms with E-state index < -0.39 is 0 Å². The summed E-state index contributed by atoms with van der Waals surface area (Å²) in [5, 5.41) is 14.0. The van der Waals surface area contributed by atoms with E-state index in [4.69, 9.17) is 4.98 Å². The molecule has 4 aliphatic rings. The Bertz CT molecular complexity index is 1780. The SMILES string of the molecule is C=CCn1c(SCC(=O)NC2=C(C#N)C3(CCCC3)Cc3ccccc32)nc2c(c1=O)C1(CCCCC1)Cc1ccccc1-2. The van der Waals surface area contributed by atoms with E-state index in [1.54, 1.807) is 10.6 Å². The summed E-state index contributed by atoms with van der Waals surface area (Å²) >= 11 is 1.28. The minimum absolute atomic E-state index is 0.00642. The molecule has 7 rings (SSSR count). The zero-order valence-corrected chi connectivity index (χ0v) is 26.0. The Labute approximate surface area is 263 Å². The average Bonchev–Trinajstić information content (AvgIpc) is 3.50. The standard InChI is InChI=1S/C37H38N4O2S/c1-2-20-41-34(43)31-33(28-15-7-5-13-26(28)22-37(31)18-8-3-9-19-37)40-35(41)44-24-30(42)39-32-27-14-6-4-12-25(27)21-36(29(32)23-38)16-10-11-17-36/h2,4-7,12-15H,1,3,8-11,16-22,24H2,(H,39,42). The molecule has 0 unspecified atom stereocenters. The molecule has 224 valence electrons. The van der Waals surface area contributed by atoms with Crippen LogP contribution in [0.25, 0.3) is 17.0 Å². The van der Waals surface area contributed by atoms with Crippen molar-refractivity contribution in [3.05, 3.63) is 99.4 Å². The van der Waals surface area contributed by atoms with Crippen LogP contribution in [0.3, 0.4) is 0 Å². The summed E-state index contributed by atoms with van der Waals surface area (Å²) in [7, 11) is 0. The molecule has 2 aromatic carbocycles. The third-order valence-electron chi connectivity index (χ3n) is 10.5. The first kappa shape index (κ1) is 28.9. The topological polar surface area (TPSA) is 87.8 Å². The molecule has 4 aliphatic carbocycles. The van der Waals surface area contributed by atoms with Gasteiger partial charge in [0, 0.05) is 28.5 Å². The Morgan fingerprint density at radius 3 is 2.27 bits per heavy atom. The lowest BCUT2D eigenvalue weighted by atomic mass is 9.62. The lowest BCUT2D eigenvalue weighted by Gasteiger charge is -2.42. The number of fused-ring (bicyclic) bond motifs is 5. The van der Waals surface area contributed by atoms with Crippen molar-refractivity contribution >= 4 is 23.4 Å². The summed E-state index contributed by atoms with van der Waals surface area (Å²) in [6.45, 7) is 4.26. The zero-order chi connectivity index (χ0) is 30.3. The Balaban J connectivity index is 1.24. The van der Waals surface area contributed by atoms with Gasteiger partial charge >= 0.3 is 0 Å². The molecule has 0 bridgehead atoms. The largest absolute Gasteiger partial charge is 0.324 e. The number of nitrogens with zero attached hydrogens (tertiary/aromatic N) is 3. The monoisotopic (exact) mass is 602 g/mol. The summed E-state index contributed by atoms with van der Waals surface area (Å²) in [5.41, 5.74) is 6.96. The van der Waals surface area contributed by atoms with Crippen LogP contribution in [0, 0.1) is 16.7 Å². The number of amides is 1. The second kappa shape index (κ2) is 11.6. The predicted octanol–water partition coefficient (Wildman–Crippen LogP) is 7.11. The van der Waals surface area contributed by atoms with Crippen LogP contribution >= 0.6 is 11.8 Å². The number of rotatable bonds is 6. The molecule has 44 heavy (non-hydrogen) atoms. The number of allylic oxidation sites excluding steroid dienone is 2. The van der Waals surface area contributed by atoms with Crippen molar-refractivity contribution < 1.29 is 4.79 Å². The quantitative estimate of drug-likeness (QED) is 0.185. The minimum Gasteiger partial charge on any atom is -0.324 e. The van der Waals surface area contributed by atoms with Crippen molar-refractivity contribution in [2.75, 3.05) is 5.75 Å².